The van der Waals surface area contributed by atoms with E-state index in [1.807, 2.05) is 31.2 Å². The Hall–Kier alpha value is -3.73. The van der Waals surface area contributed by atoms with Crippen molar-refractivity contribution in [1.82, 2.24) is 9.78 Å². The number of aromatic nitrogens is 2. The maximum atomic E-state index is 12.8. The first kappa shape index (κ1) is 22.9. The van der Waals surface area contributed by atoms with Crippen LogP contribution in [0.1, 0.15) is 29.9 Å². The minimum atomic E-state index is -0.866. The first-order valence-corrected chi connectivity index (χ1v) is 10.4. The largest absolute Gasteiger partial charge is 0.324 e. The molecule has 0 aliphatic carbocycles. The summed E-state index contributed by atoms with van der Waals surface area (Å²) in [5.74, 6) is -0.503. The third-order valence-electron chi connectivity index (χ3n) is 4.84. The molecule has 0 saturated heterocycles. The normalized spacial score (nSPS) is 11.8. The van der Waals surface area contributed by atoms with Crippen molar-refractivity contribution in [3.05, 3.63) is 79.6 Å². The van der Waals surface area contributed by atoms with Crippen molar-refractivity contribution in [3.63, 3.8) is 0 Å². The number of amides is 1. The number of benzene rings is 2. The molecule has 3 aromatic rings. The number of carbonyl (C=O) groups is 1. The van der Waals surface area contributed by atoms with E-state index in [0.717, 1.165) is 10.5 Å². The van der Waals surface area contributed by atoms with Crippen molar-refractivity contribution in [2.24, 2.45) is 0 Å². The first-order valence-electron chi connectivity index (χ1n) is 9.61. The van der Waals surface area contributed by atoms with E-state index >= 15 is 0 Å². The average Bonchev–Trinajstić information content (AvgIpc) is 3.03. The molecule has 11 heteroatoms. The van der Waals surface area contributed by atoms with E-state index < -0.39 is 21.8 Å². The second kappa shape index (κ2) is 9.18. The van der Waals surface area contributed by atoms with Gasteiger partial charge in [-0.1, -0.05) is 29.5 Å². The van der Waals surface area contributed by atoms with Crippen LogP contribution in [0.2, 0.25) is 0 Å². The van der Waals surface area contributed by atoms with Crippen LogP contribution in [0, 0.1) is 41.0 Å². The summed E-state index contributed by atoms with van der Waals surface area (Å²) in [6.45, 7) is 6.54. The number of nitrogens with zero attached hydrogens (tertiary/aromatic N) is 4. The maximum Gasteiger partial charge on any atom is 0.312 e. The molecule has 0 fully saturated rings. The fourth-order valence-corrected chi connectivity index (χ4v) is 4.13. The highest BCUT2D eigenvalue weighted by atomic mass is 32.2. The lowest BCUT2D eigenvalue weighted by molar-refractivity contribution is -0.386. The number of non-ortho nitro benzene ring substituents is 1. The molecule has 2 aromatic carbocycles. The van der Waals surface area contributed by atoms with Gasteiger partial charge in [0, 0.05) is 27.6 Å². The van der Waals surface area contributed by atoms with Gasteiger partial charge in [-0.3, -0.25) is 29.7 Å². The Kier molecular flexibility index (Phi) is 6.58. The topological polar surface area (TPSA) is 133 Å². The van der Waals surface area contributed by atoms with Crippen molar-refractivity contribution in [3.8, 4) is 0 Å². The molecule has 32 heavy (non-hydrogen) atoms. The van der Waals surface area contributed by atoms with Crippen LogP contribution < -0.4 is 5.32 Å². The summed E-state index contributed by atoms with van der Waals surface area (Å²) in [5.41, 5.74) is 1.51. The highest BCUT2D eigenvalue weighted by molar-refractivity contribution is 7.99. The van der Waals surface area contributed by atoms with Gasteiger partial charge in [0.15, 0.2) is 0 Å². The van der Waals surface area contributed by atoms with Gasteiger partial charge in [0.2, 0.25) is 5.91 Å². The number of aryl methyl sites for hydroxylation is 2. The molecule has 0 radical (unpaired) electrons. The third-order valence-corrected chi connectivity index (χ3v) is 5.82. The molecule has 10 nitrogen and oxygen atoms in total. The van der Waals surface area contributed by atoms with Gasteiger partial charge in [-0.15, -0.1) is 0 Å². The molecule has 0 saturated carbocycles. The number of carbonyl (C=O) groups excluding carboxylic acids is 1. The second-order valence-electron chi connectivity index (χ2n) is 7.27. The zero-order valence-corrected chi connectivity index (χ0v) is 18.7. The molecular weight excluding hydrogens is 434 g/mol. The summed E-state index contributed by atoms with van der Waals surface area (Å²) in [5, 5.41) is 29.4. The zero-order chi connectivity index (χ0) is 23.6. The highest BCUT2D eigenvalue weighted by Crippen LogP contribution is 2.33. The zero-order valence-electron chi connectivity index (χ0n) is 17.9. The Labute approximate surface area is 187 Å². The number of hydrogen-bond donors (Lipinski definition) is 1. The number of rotatable bonds is 7. The fraction of sp³-hybridized carbons (Fsp3) is 0.238. The van der Waals surface area contributed by atoms with E-state index in [0.29, 0.717) is 4.90 Å². The average molecular weight is 455 g/mol. The van der Waals surface area contributed by atoms with Crippen LogP contribution in [0.3, 0.4) is 0 Å². The fourth-order valence-electron chi connectivity index (χ4n) is 3.22. The SMILES string of the molecule is Cc1ccc(Sc2cc(NC(=O)C(C)n3nc(C)c([N+](=O)[O-])c3C)cc([N+](=O)[O-])c2)cc1. The molecule has 166 valence electrons. The van der Waals surface area contributed by atoms with Gasteiger partial charge < -0.3 is 5.32 Å². The predicted molar refractivity (Wildman–Crippen MR) is 120 cm³/mol. The molecule has 1 heterocycles. The monoisotopic (exact) mass is 455 g/mol. The van der Waals surface area contributed by atoms with Crippen molar-refractivity contribution in [2.45, 2.75) is 43.5 Å². The molecule has 0 aliphatic rings. The van der Waals surface area contributed by atoms with E-state index in [9.17, 15) is 25.0 Å². The van der Waals surface area contributed by atoms with E-state index in [-0.39, 0.29) is 28.5 Å². The van der Waals surface area contributed by atoms with Crippen LogP contribution in [0.5, 0.6) is 0 Å². The lowest BCUT2D eigenvalue weighted by atomic mass is 10.2. The summed E-state index contributed by atoms with van der Waals surface area (Å²) in [4.78, 5) is 35.9. The van der Waals surface area contributed by atoms with Crippen LogP contribution in [0.4, 0.5) is 17.1 Å². The number of nitro groups is 2. The summed E-state index contributed by atoms with van der Waals surface area (Å²) in [7, 11) is 0. The summed E-state index contributed by atoms with van der Waals surface area (Å²) in [6, 6.07) is 11.2. The maximum absolute atomic E-state index is 12.8. The predicted octanol–water partition coefficient (Wildman–Crippen LogP) is 4.98. The van der Waals surface area contributed by atoms with Crippen molar-refractivity contribution in [1.29, 1.82) is 0 Å². The van der Waals surface area contributed by atoms with Gasteiger partial charge in [-0.2, -0.15) is 5.10 Å². The number of hydrogen-bond acceptors (Lipinski definition) is 7. The van der Waals surface area contributed by atoms with Crippen LogP contribution in [0.25, 0.3) is 0 Å². The van der Waals surface area contributed by atoms with Crippen molar-refractivity contribution >= 4 is 34.7 Å². The first-order chi connectivity index (χ1) is 15.1. The number of nitrogens with one attached hydrogen (secondary N) is 1. The van der Waals surface area contributed by atoms with E-state index in [1.165, 1.54) is 42.4 Å². The third kappa shape index (κ3) is 4.94. The van der Waals surface area contributed by atoms with Crippen LogP contribution >= 0.6 is 11.8 Å². The van der Waals surface area contributed by atoms with Crippen LogP contribution in [0.15, 0.2) is 52.3 Å². The molecule has 1 unspecified atom stereocenters. The molecule has 1 N–H and O–H groups in total. The molecular formula is C21H21N5O5S. The van der Waals surface area contributed by atoms with Crippen molar-refractivity contribution in [2.75, 3.05) is 5.32 Å². The standard InChI is InChI=1S/C21H21N5O5S/c1-12-5-7-18(8-6-12)32-19-10-16(9-17(11-19)25(28)29)22-21(27)15(4)24-14(3)20(26(30)31)13(2)23-24/h5-11,15H,1-4H3,(H,22,27). The number of nitro benzene ring substituents is 1. The summed E-state index contributed by atoms with van der Waals surface area (Å²) < 4.78 is 1.28. The molecule has 1 aromatic heterocycles. The number of anilines is 1. The smallest absolute Gasteiger partial charge is 0.312 e. The second-order valence-corrected chi connectivity index (χ2v) is 8.42. The van der Waals surface area contributed by atoms with E-state index in [1.54, 1.807) is 13.0 Å². The quantitative estimate of drug-likeness (QED) is 0.392. The molecule has 0 spiro atoms. The molecule has 0 aliphatic heterocycles. The Morgan fingerprint density at radius 2 is 1.69 bits per heavy atom. The van der Waals surface area contributed by atoms with Gasteiger partial charge in [-0.25, -0.2) is 0 Å². The molecule has 1 atom stereocenters. The summed E-state index contributed by atoms with van der Waals surface area (Å²) >= 11 is 1.34. The highest BCUT2D eigenvalue weighted by Gasteiger charge is 2.27. The Balaban J connectivity index is 1.87. The molecule has 0 bridgehead atoms. The van der Waals surface area contributed by atoms with Gasteiger partial charge in [0.1, 0.15) is 17.4 Å². The van der Waals surface area contributed by atoms with Crippen LogP contribution in [-0.4, -0.2) is 25.5 Å². The lowest BCUT2D eigenvalue weighted by Gasteiger charge is -2.14. The minimum Gasteiger partial charge on any atom is -0.324 e. The Morgan fingerprint density at radius 3 is 2.25 bits per heavy atom. The van der Waals surface area contributed by atoms with Crippen LogP contribution in [-0.2, 0) is 4.79 Å². The summed E-state index contributed by atoms with van der Waals surface area (Å²) in [6.07, 6.45) is 0. The van der Waals surface area contributed by atoms with E-state index in [4.69, 9.17) is 0 Å². The minimum absolute atomic E-state index is 0.142. The molecule has 3 rings (SSSR count). The Bertz CT molecular complexity index is 1210. The van der Waals surface area contributed by atoms with E-state index in [2.05, 4.69) is 10.4 Å². The van der Waals surface area contributed by atoms with Gasteiger partial charge in [-0.05, 0) is 45.9 Å². The van der Waals surface area contributed by atoms with Crippen molar-refractivity contribution < 1.29 is 14.6 Å². The van der Waals surface area contributed by atoms with Gasteiger partial charge >= 0.3 is 5.69 Å². The lowest BCUT2D eigenvalue weighted by Crippen LogP contribution is -2.25. The molecule has 1 amide bonds. The van der Waals surface area contributed by atoms with Gasteiger partial charge in [0.25, 0.3) is 5.69 Å². The Morgan fingerprint density at radius 1 is 1.03 bits per heavy atom. The van der Waals surface area contributed by atoms with Gasteiger partial charge in [0.05, 0.1) is 9.85 Å².